The van der Waals surface area contributed by atoms with Crippen molar-refractivity contribution in [2.24, 2.45) is 0 Å². The van der Waals surface area contributed by atoms with Crippen LogP contribution in [0.3, 0.4) is 0 Å². The molecule has 0 amide bonds. The second kappa shape index (κ2) is 9.43. The van der Waals surface area contributed by atoms with Crippen molar-refractivity contribution < 1.29 is 0 Å². The summed E-state index contributed by atoms with van der Waals surface area (Å²) in [5.41, 5.74) is 18.3. The van der Waals surface area contributed by atoms with E-state index >= 15 is 0 Å². The van der Waals surface area contributed by atoms with Crippen LogP contribution < -0.4 is 0 Å². The monoisotopic (exact) mass is 640 g/mol. The van der Waals surface area contributed by atoms with E-state index in [4.69, 9.17) is 0 Å². The van der Waals surface area contributed by atoms with Gasteiger partial charge in [0, 0.05) is 43.7 Å². The van der Waals surface area contributed by atoms with E-state index in [1.165, 1.54) is 99.5 Å². The molecule has 2 heteroatoms. The Bertz CT molecular complexity index is 2930. The molecule has 2 heterocycles. The molecule has 238 valence electrons. The Morgan fingerprint density at radius 1 is 0.340 bits per heavy atom. The summed E-state index contributed by atoms with van der Waals surface area (Å²) < 4.78 is 4.98. The quantitative estimate of drug-likeness (QED) is 0.178. The lowest BCUT2D eigenvalue weighted by Crippen LogP contribution is -2.15. The van der Waals surface area contributed by atoms with Crippen LogP contribution in [-0.4, -0.2) is 9.13 Å². The molecule has 0 fully saturated rings. The number of rotatable bonds is 2. The lowest BCUT2D eigenvalue weighted by atomic mass is 9.82. The van der Waals surface area contributed by atoms with E-state index in [-0.39, 0.29) is 10.8 Å². The van der Waals surface area contributed by atoms with Crippen LogP contribution in [0.4, 0.5) is 0 Å². The molecule has 0 N–H and O–H groups in total. The van der Waals surface area contributed by atoms with Gasteiger partial charge in [-0.05, 0) is 93.0 Å². The third-order valence-corrected chi connectivity index (χ3v) is 12.1. The molecule has 0 saturated carbocycles. The lowest BCUT2D eigenvalue weighted by Gasteiger charge is -2.22. The third kappa shape index (κ3) is 3.39. The fourth-order valence-corrected chi connectivity index (χ4v) is 9.75. The van der Waals surface area contributed by atoms with E-state index in [2.05, 4.69) is 182 Å². The SMILES string of the molecule is CC1(C)c2ccccc2-c2cc(-n3c4ccccc4c4c5c6ccccc6n(-c6ccc7c(c6)C(C)(C)c6ccccc6-7)c5ccc43)ccc21. The van der Waals surface area contributed by atoms with Crippen LogP contribution in [0.1, 0.15) is 49.9 Å². The van der Waals surface area contributed by atoms with Crippen LogP contribution >= 0.6 is 0 Å². The molecule has 0 saturated heterocycles. The summed E-state index contributed by atoms with van der Waals surface area (Å²) in [5, 5.41) is 5.18. The van der Waals surface area contributed by atoms with Gasteiger partial charge < -0.3 is 9.13 Å². The molecule has 2 aliphatic carbocycles. The van der Waals surface area contributed by atoms with Gasteiger partial charge in [0.25, 0.3) is 0 Å². The highest BCUT2D eigenvalue weighted by Crippen LogP contribution is 2.51. The molecule has 0 atom stereocenters. The minimum Gasteiger partial charge on any atom is -0.309 e. The van der Waals surface area contributed by atoms with E-state index < -0.39 is 0 Å². The Hall–Kier alpha value is -5.86. The number of hydrogen-bond donors (Lipinski definition) is 0. The highest BCUT2D eigenvalue weighted by Gasteiger charge is 2.37. The molecule has 2 nitrogen and oxygen atoms in total. The van der Waals surface area contributed by atoms with Gasteiger partial charge in [-0.3, -0.25) is 0 Å². The van der Waals surface area contributed by atoms with Crippen molar-refractivity contribution in [2.45, 2.75) is 38.5 Å². The number of nitrogens with zero attached hydrogens (tertiary/aromatic N) is 2. The van der Waals surface area contributed by atoms with Crippen molar-refractivity contribution in [1.82, 2.24) is 9.13 Å². The fraction of sp³-hybridized carbons (Fsp3) is 0.125. The summed E-state index contributed by atoms with van der Waals surface area (Å²) in [7, 11) is 0. The predicted molar refractivity (Wildman–Crippen MR) is 210 cm³/mol. The first-order valence-electron chi connectivity index (χ1n) is 17.8. The Balaban J connectivity index is 1.19. The van der Waals surface area contributed by atoms with Gasteiger partial charge in [-0.15, -0.1) is 0 Å². The van der Waals surface area contributed by atoms with Gasteiger partial charge in [-0.2, -0.15) is 0 Å². The second-order valence-electron chi connectivity index (χ2n) is 15.4. The van der Waals surface area contributed by atoms with Crippen molar-refractivity contribution in [2.75, 3.05) is 0 Å². The highest BCUT2D eigenvalue weighted by atomic mass is 15.0. The summed E-state index contributed by atoms with van der Waals surface area (Å²) in [5.74, 6) is 0. The Kier molecular flexibility index (Phi) is 5.28. The first kappa shape index (κ1) is 28.0. The van der Waals surface area contributed by atoms with Crippen LogP contribution in [0, 0.1) is 0 Å². The third-order valence-electron chi connectivity index (χ3n) is 12.1. The Morgan fingerprint density at radius 2 is 0.780 bits per heavy atom. The first-order chi connectivity index (χ1) is 24.3. The van der Waals surface area contributed by atoms with Crippen LogP contribution in [-0.2, 0) is 10.8 Å². The normalized spacial score (nSPS) is 15.1. The van der Waals surface area contributed by atoms with Crippen molar-refractivity contribution in [3.8, 4) is 33.6 Å². The molecule has 9 aromatic rings. The molecule has 2 aromatic heterocycles. The molecule has 0 spiro atoms. The van der Waals surface area contributed by atoms with Gasteiger partial charge >= 0.3 is 0 Å². The largest absolute Gasteiger partial charge is 0.309 e. The number of fused-ring (bicyclic) bond motifs is 13. The fourth-order valence-electron chi connectivity index (χ4n) is 9.75. The zero-order valence-electron chi connectivity index (χ0n) is 28.8. The van der Waals surface area contributed by atoms with E-state index in [1.807, 2.05) is 0 Å². The van der Waals surface area contributed by atoms with Gasteiger partial charge in [0.05, 0.1) is 22.1 Å². The minimum atomic E-state index is -0.0625. The summed E-state index contributed by atoms with van der Waals surface area (Å²) in [6.07, 6.45) is 0. The average molecular weight is 641 g/mol. The standard InChI is InChI=1S/C48H36N2/c1-47(2)38-18-10-6-14-32(38)36-27-29(22-24-39(36)47)49-41-19-11-7-15-34(41)45-43(49)25-26-44-46(45)35-16-8-12-20-42(35)50(44)30-21-23-33-31-13-5-9-17-37(31)48(3,4)40(33)28-30/h5-28H,1-4H3. The van der Waals surface area contributed by atoms with Crippen LogP contribution in [0.15, 0.2) is 146 Å². The van der Waals surface area contributed by atoms with Crippen LogP contribution in [0.5, 0.6) is 0 Å². The molecule has 50 heavy (non-hydrogen) atoms. The maximum atomic E-state index is 2.49. The predicted octanol–water partition coefficient (Wildman–Crippen LogP) is 12.5. The van der Waals surface area contributed by atoms with Crippen molar-refractivity contribution in [3.63, 3.8) is 0 Å². The number of benzene rings is 7. The van der Waals surface area contributed by atoms with Gasteiger partial charge in [-0.25, -0.2) is 0 Å². The van der Waals surface area contributed by atoms with E-state index in [0.29, 0.717) is 0 Å². The number of aromatic nitrogens is 2. The zero-order valence-corrected chi connectivity index (χ0v) is 28.8. The van der Waals surface area contributed by atoms with Gasteiger partial charge in [0.15, 0.2) is 0 Å². The number of para-hydroxylation sites is 2. The number of hydrogen-bond acceptors (Lipinski definition) is 0. The van der Waals surface area contributed by atoms with Crippen LogP contribution in [0.25, 0.3) is 77.2 Å². The summed E-state index contributed by atoms with van der Waals surface area (Å²) in [6, 6.07) is 54.7. The van der Waals surface area contributed by atoms with E-state index in [0.717, 1.165) is 0 Å². The first-order valence-corrected chi connectivity index (χ1v) is 17.8. The lowest BCUT2D eigenvalue weighted by molar-refractivity contribution is 0.660. The molecule has 7 aromatic carbocycles. The zero-order chi connectivity index (χ0) is 33.5. The Labute approximate surface area is 291 Å². The smallest absolute Gasteiger partial charge is 0.0548 e. The van der Waals surface area contributed by atoms with Crippen molar-refractivity contribution in [3.05, 3.63) is 168 Å². The molecule has 11 rings (SSSR count). The van der Waals surface area contributed by atoms with Gasteiger partial charge in [0.2, 0.25) is 0 Å². The van der Waals surface area contributed by atoms with E-state index in [1.54, 1.807) is 0 Å². The molecule has 0 bridgehead atoms. The molecule has 0 radical (unpaired) electrons. The van der Waals surface area contributed by atoms with Crippen LogP contribution in [0.2, 0.25) is 0 Å². The molecule has 0 unspecified atom stereocenters. The van der Waals surface area contributed by atoms with Crippen molar-refractivity contribution in [1.29, 1.82) is 0 Å². The highest BCUT2D eigenvalue weighted by molar-refractivity contribution is 6.29. The average Bonchev–Trinajstić information content (AvgIpc) is 3.80. The molecular weight excluding hydrogens is 605 g/mol. The van der Waals surface area contributed by atoms with Gasteiger partial charge in [-0.1, -0.05) is 125 Å². The second-order valence-corrected chi connectivity index (χ2v) is 15.4. The minimum absolute atomic E-state index is 0.0190. The maximum absolute atomic E-state index is 2.49. The molecule has 0 aliphatic heterocycles. The molecular formula is C48H36N2. The summed E-state index contributed by atoms with van der Waals surface area (Å²) in [6.45, 7) is 9.44. The summed E-state index contributed by atoms with van der Waals surface area (Å²) >= 11 is 0. The molecule has 2 aliphatic rings. The Morgan fingerprint density at radius 3 is 1.40 bits per heavy atom. The maximum Gasteiger partial charge on any atom is 0.0548 e. The topological polar surface area (TPSA) is 9.86 Å². The summed E-state index contributed by atoms with van der Waals surface area (Å²) in [4.78, 5) is 0. The van der Waals surface area contributed by atoms with E-state index in [9.17, 15) is 0 Å². The van der Waals surface area contributed by atoms with Crippen molar-refractivity contribution >= 4 is 43.6 Å². The van der Waals surface area contributed by atoms with Gasteiger partial charge in [0.1, 0.15) is 0 Å².